The fraction of sp³-hybridized carbons (Fsp3) is 0.267. The first-order valence-electron chi connectivity index (χ1n) is 13.9. The molecule has 43 heavy (non-hydrogen) atoms. The third-order valence-electron chi connectivity index (χ3n) is 7.12. The van der Waals surface area contributed by atoms with Gasteiger partial charge in [-0.3, -0.25) is 20.4 Å². The van der Waals surface area contributed by atoms with Gasteiger partial charge in [-0.2, -0.15) is 5.11 Å². The van der Waals surface area contributed by atoms with Crippen LogP contribution < -0.4 is 27.1 Å². The Bertz CT molecular complexity index is 1510. The molecule has 0 saturated heterocycles. The maximum atomic E-state index is 13.7. The highest BCUT2D eigenvalue weighted by Gasteiger charge is 2.20. The van der Waals surface area contributed by atoms with Crippen molar-refractivity contribution in [2.45, 2.75) is 44.6 Å². The summed E-state index contributed by atoms with van der Waals surface area (Å²) >= 11 is 0. The van der Waals surface area contributed by atoms with Crippen LogP contribution in [0.1, 0.15) is 65.1 Å². The zero-order valence-corrected chi connectivity index (χ0v) is 23.9. The van der Waals surface area contributed by atoms with Gasteiger partial charge in [-0.05, 0) is 71.5 Å². The average molecular weight is 582 g/mol. The summed E-state index contributed by atoms with van der Waals surface area (Å²) in [7, 11) is 1.49. The first-order chi connectivity index (χ1) is 20.9. The van der Waals surface area contributed by atoms with E-state index < -0.39 is 11.9 Å². The van der Waals surface area contributed by atoms with Crippen LogP contribution in [0.4, 0.5) is 16.2 Å². The van der Waals surface area contributed by atoms with Crippen molar-refractivity contribution >= 4 is 35.1 Å². The number of nitrogens with one attached hydrogen (secondary N) is 3. The third kappa shape index (κ3) is 8.52. The molecule has 3 aromatic rings. The van der Waals surface area contributed by atoms with Gasteiger partial charge in [0.15, 0.2) is 5.84 Å². The summed E-state index contributed by atoms with van der Waals surface area (Å²) < 4.78 is 0. The van der Waals surface area contributed by atoms with Crippen molar-refractivity contribution in [3.8, 4) is 0 Å². The summed E-state index contributed by atoms with van der Waals surface area (Å²) in [6, 6.07) is 21.5. The number of urea groups is 1. The molecule has 0 bridgehead atoms. The van der Waals surface area contributed by atoms with Gasteiger partial charge in [-0.15, -0.1) is 5.10 Å². The number of nitrogens with two attached hydrogens (primary N) is 2. The van der Waals surface area contributed by atoms with Crippen molar-refractivity contribution < 1.29 is 9.59 Å². The fourth-order valence-electron chi connectivity index (χ4n) is 4.95. The van der Waals surface area contributed by atoms with Crippen molar-refractivity contribution in [2.75, 3.05) is 17.3 Å². The van der Waals surface area contributed by atoms with Gasteiger partial charge in [0.1, 0.15) is 0 Å². The van der Waals surface area contributed by atoms with E-state index in [9.17, 15) is 9.59 Å². The van der Waals surface area contributed by atoms with Crippen molar-refractivity contribution in [3.63, 3.8) is 0 Å². The number of benzene rings is 3. The summed E-state index contributed by atoms with van der Waals surface area (Å²) in [5, 5.41) is 30.0. The molecule has 13 nitrogen and oxygen atoms in total. The highest BCUT2D eigenvalue weighted by atomic mass is 16.2. The number of anilines is 2. The summed E-state index contributed by atoms with van der Waals surface area (Å²) in [4.78, 5) is 27.7. The molecule has 13 heteroatoms. The normalized spacial score (nSPS) is 14.1. The Balaban J connectivity index is 1.57. The maximum absolute atomic E-state index is 13.7. The van der Waals surface area contributed by atoms with E-state index in [1.807, 2.05) is 12.1 Å². The molecular formula is C30H35N11O2. The number of hydrogen-bond donors (Lipinski definition) is 5. The number of guanidine groups is 1. The maximum Gasteiger partial charge on any atom is 0.326 e. The van der Waals surface area contributed by atoms with Crippen LogP contribution in [0.15, 0.2) is 98.6 Å². The van der Waals surface area contributed by atoms with Gasteiger partial charge < -0.3 is 16.9 Å². The van der Waals surface area contributed by atoms with Gasteiger partial charge in [-0.25, -0.2) is 4.79 Å². The monoisotopic (exact) mass is 581 g/mol. The van der Waals surface area contributed by atoms with Crippen molar-refractivity contribution in [1.29, 1.82) is 5.41 Å². The summed E-state index contributed by atoms with van der Waals surface area (Å²) in [6.45, 7) is 0.230. The highest BCUT2D eigenvalue weighted by molar-refractivity contribution is 6.05. The van der Waals surface area contributed by atoms with Crippen molar-refractivity contribution in [1.82, 2.24) is 5.32 Å². The quantitative estimate of drug-likeness (QED) is 0.0751. The van der Waals surface area contributed by atoms with Gasteiger partial charge in [0, 0.05) is 22.5 Å². The summed E-state index contributed by atoms with van der Waals surface area (Å²) in [6.07, 6.45) is 6.12. The largest absolute Gasteiger partial charge is 0.382 e. The highest BCUT2D eigenvalue weighted by Crippen LogP contribution is 2.33. The zero-order chi connectivity index (χ0) is 30.6. The second-order valence-corrected chi connectivity index (χ2v) is 10.0. The first kappa shape index (κ1) is 30.5. The standard InChI is InChI=1S/C30H35N11O2/c1-34-40-37-27(31)24-8-5-9-25(18-24)35-30(43)41(26-16-14-22(15-17-26)21-6-3-2-4-7-21)19-20-10-12-23(13-11-20)28(42)36-29(32)38-39-33/h5,8-18,21H,2-4,6-7,19H2,1H3,(H,35,43)(H2,31,34,37)(H4,32,33,36,38,42). The molecular weight excluding hydrogens is 546 g/mol. The Morgan fingerprint density at radius 2 is 1.70 bits per heavy atom. The molecule has 1 aliphatic carbocycles. The lowest BCUT2D eigenvalue weighted by atomic mass is 9.84. The molecule has 1 saturated carbocycles. The molecule has 4 rings (SSSR count). The predicted molar refractivity (Wildman–Crippen MR) is 166 cm³/mol. The number of carbonyl (C=O) groups excluding carboxylic acids is 2. The molecule has 0 unspecified atom stereocenters. The minimum atomic E-state index is -0.528. The van der Waals surface area contributed by atoms with E-state index in [1.165, 1.54) is 44.7 Å². The first-order valence-corrected chi connectivity index (χ1v) is 13.9. The van der Waals surface area contributed by atoms with Crippen LogP contribution in [0.25, 0.3) is 0 Å². The number of amides is 3. The second kappa shape index (κ2) is 15.0. The van der Waals surface area contributed by atoms with Crippen LogP contribution >= 0.6 is 0 Å². The van der Waals surface area contributed by atoms with Gasteiger partial charge in [0.25, 0.3) is 5.91 Å². The van der Waals surface area contributed by atoms with Crippen LogP contribution in [0.3, 0.4) is 0 Å². The molecule has 1 fully saturated rings. The van der Waals surface area contributed by atoms with E-state index in [1.54, 1.807) is 53.4 Å². The molecule has 1 aliphatic rings. The fourth-order valence-corrected chi connectivity index (χ4v) is 4.95. The number of rotatable bonds is 8. The molecule has 0 heterocycles. The van der Waals surface area contributed by atoms with Gasteiger partial charge in [0.2, 0.25) is 5.96 Å². The summed E-state index contributed by atoms with van der Waals surface area (Å²) in [5.41, 5.74) is 10.2. The minimum absolute atomic E-state index is 0.169. The lowest BCUT2D eigenvalue weighted by Crippen LogP contribution is -2.34. The lowest BCUT2D eigenvalue weighted by Gasteiger charge is -2.26. The molecule has 3 amide bonds. The smallest absolute Gasteiger partial charge is 0.326 e. The second-order valence-electron chi connectivity index (χ2n) is 10.0. The van der Waals surface area contributed by atoms with Crippen molar-refractivity contribution in [3.05, 3.63) is 95.1 Å². The van der Waals surface area contributed by atoms with Gasteiger partial charge >= 0.3 is 6.03 Å². The zero-order valence-electron chi connectivity index (χ0n) is 23.9. The van der Waals surface area contributed by atoms with Crippen molar-refractivity contribution in [2.24, 2.45) is 37.4 Å². The van der Waals surface area contributed by atoms with Crippen LogP contribution in [-0.4, -0.2) is 30.8 Å². The Hall–Kier alpha value is -5.46. The van der Waals surface area contributed by atoms with E-state index in [2.05, 4.69) is 48.5 Å². The molecule has 0 spiro atoms. The van der Waals surface area contributed by atoms with Crippen LogP contribution in [0.2, 0.25) is 0 Å². The van der Waals surface area contributed by atoms with E-state index in [4.69, 9.17) is 17.0 Å². The topological polar surface area (TPSA) is 199 Å². The average Bonchev–Trinajstić information content (AvgIpc) is 3.03. The van der Waals surface area contributed by atoms with Gasteiger partial charge in [-0.1, -0.05) is 66.0 Å². The minimum Gasteiger partial charge on any atom is -0.382 e. The molecule has 3 aromatic carbocycles. The number of amidine groups is 1. The van der Waals surface area contributed by atoms with Crippen LogP contribution in [0, 0.1) is 5.41 Å². The molecule has 0 atom stereocenters. The SMILES string of the molecule is CN=NN=C(N)c1cccc(NC(=O)N(Cc2ccc(C(=O)NC(=N)N=NN)cc2)c2ccc(C3CCCCC3)cc2)c1. The lowest BCUT2D eigenvalue weighted by molar-refractivity contribution is 0.0976. The molecule has 7 N–H and O–H groups in total. The van der Waals surface area contributed by atoms with E-state index in [-0.39, 0.29) is 18.4 Å². The van der Waals surface area contributed by atoms with Gasteiger partial charge in [0.05, 0.1) is 13.6 Å². The van der Waals surface area contributed by atoms with E-state index in [0.717, 1.165) is 11.3 Å². The Morgan fingerprint density at radius 1 is 0.977 bits per heavy atom. The number of nitrogens with zero attached hydrogens (tertiary/aromatic N) is 6. The van der Waals surface area contributed by atoms with Crippen LogP contribution in [0.5, 0.6) is 0 Å². The molecule has 222 valence electrons. The number of carbonyl (C=O) groups is 2. The Labute approximate surface area is 249 Å². The van der Waals surface area contributed by atoms with Crippen LogP contribution in [-0.2, 0) is 6.54 Å². The molecule has 0 aliphatic heterocycles. The Kier molecular flexibility index (Phi) is 10.6. The predicted octanol–water partition coefficient (Wildman–Crippen LogP) is 5.67. The third-order valence-corrected chi connectivity index (χ3v) is 7.12. The van der Waals surface area contributed by atoms with E-state index in [0.29, 0.717) is 22.7 Å². The Morgan fingerprint density at radius 3 is 2.37 bits per heavy atom. The summed E-state index contributed by atoms with van der Waals surface area (Å²) in [5.74, 6) is 4.64. The molecule has 0 aromatic heterocycles. The van der Waals surface area contributed by atoms with E-state index >= 15 is 0 Å². The number of hydrogen-bond acceptors (Lipinski definition) is 6. The molecule has 0 radical (unpaired) electrons.